The Hall–Kier alpha value is -3.54. The number of aromatic nitrogens is 1. The van der Waals surface area contributed by atoms with Crippen LogP contribution in [-0.2, 0) is 0 Å². The number of ether oxygens (including phenoxy) is 1. The number of alkyl halides is 3. The van der Waals surface area contributed by atoms with Crippen molar-refractivity contribution in [3.05, 3.63) is 84.3 Å². The number of rotatable bonds is 5. The molecule has 1 amide bonds. The van der Waals surface area contributed by atoms with Gasteiger partial charge in [-0.05, 0) is 60.5 Å². The predicted molar refractivity (Wildman–Crippen MR) is 134 cm³/mol. The van der Waals surface area contributed by atoms with Gasteiger partial charge in [-0.1, -0.05) is 18.2 Å². The van der Waals surface area contributed by atoms with E-state index >= 15 is 0 Å². The van der Waals surface area contributed by atoms with Crippen LogP contribution < -0.4 is 10.1 Å². The zero-order chi connectivity index (χ0) is 26.4. The first-order chi connectivity index (χ1) is 17.5. The van der Waals surface area contributed by atoms with E-state index in [4.69, 9.17) is 0 Å². The largest absolute Gasteiger partial charge is 0.573 e. The molecule has 1 unspecified atom stereocenters. The van der Waals surface area contributed by atoms with Gasteiger partial charge in [0, 0.05) is 40.2 Å². The van der Waals surface area contributed by atoms with Crippen LogP contribution in [0.1, 0.15) is 16.8 Å². The second kappa shape index (κ2) is 9.40. The molecule has 194 valence electrons. The van der Waals surface area contributed by atoms with Gasteiger partial charge in [0.05, 0.1) is 11.3 Å². The molecule has 0 radical (unpaired) electrons. The summed E-state index contributed by atoms with van der Waals surface area (Å²) in [5.74, 6) is -0.845. The van der Waals surface area contributed by atoms with E-state index in [0.717, 1.165) is 0 Å². The lowest BCUT2D eigenvalue weighted by molar-refractivity contribution is -0.274. The van der Waals surface area contributed by atoms with E-state index in [-0.39, 0.29) is 23.3 Å². The Balaban J connectivity index is 1.57. The highest BCUT2D eigenvalue weighted by Crippen LogP contribution is 2.45. The van der Waals surface area contributed by atoms with Crippen molar-refractivity contribution in [2.45, 2.75) is 18.8 Å². The van der Waals surface area contributed by atoms with Gasteiger partial charge in [-0.2, -0.15) is 10.6 Å². The molecule has 1 aliphatic rings. The summed E-state index contributed by atoms with van der Waals surface area (Å²) in [6.07, 6.45) is -2.67. The van der Waals surface area contributed by atoms with Gasteiger partial charge >= 0.3 is 6.36 Å². The predicted octanol–water partition coefficient (Wildman–Crippen LogP) is 6.59. The standard InChI is InChI=1S/C26H22F4N2O4S/c27-18-5-7-20(8-6-18)32-14-23(16-2-1-3-21(12-16)36-26(28,29)30)22-9-4-17(13-24(22)32)25(33)31-19-10-11-37(34,35)15-19/h1-9,12-14,19,34-35H,10-11,15H2,(H,31,33). The fourth-order valence-corrected chi connectivity index (χ4v) is 6.20. The van der Waals surface area contributed by atoms with Crippen LogP contribution in [0.5, 0.6) is 5.75 Å². The number of hydrogen-bond acceptors (Lipinski definition) is 4. The van der Waals surface area contributed by atoms with E-state index in [1.54, 1.807) is 47.2 Å². The molecule has 1 saturated heterocycles. The first-order valence-electron chi connectivity index (χ1n) is 11.3. The minimum Gasteiger partial charge on any atom is -0.406 e. The molecular weight excluding hydrogens is 512 g/mol. The van der Waals surface area contributed by atoms with Gasteiger partial charge in [-0.25, -0.2) is 4.39 Å². The fraction of sp³-hybridized carbons (Fsp3) is 0.192. The first kappa shape index (κ1) is 25.1. The fourth-order valence-electron chi connectivity index (χ4n) is 4.48. The van der Waals surface area contributed by atoms with E-state index in [9.17, 15) is 31.5 Å². The Morgan fingerprint density at radius 1 is 1.05 bits per heavy atom. The quantitative estimate of drug-likeness (QED) is 0.252. The van der Waals surface area contributed by atoms with Crippen LogP contribution in [0.25, 0.3) is 27.7 Å². The maximum absolute atomic E-state index is 13.6. The van der Waals surface area contributed by atoms with Gasteiger partial charge < -0.3 is 14.6 Å². The third kappa shape index (κ3) is 5.58. The second-order valence-electron chi connectivity index (χ2n) is 8.83. The molecule has 6 nitrogen and oxygen atoms in total. The molecule has 0 aliphatic carbocycles. The monoisotopic (exact) mass is 534 g/mol. The van der Waals surface area contributed by atoms with E-state index in [0.29, 0.717) is 39.7 Å². The number of nitrogens with zero attached hydrogens (tertiary/aromatic N) is 1. The van der Waals surface area contributed by atoms with Gasteiger partial charge in [-0.15, -0.1) is 13.2 Å². The van der Waals surface area contributed by atoms with E-state index in [1.807, 2.05) is 0 Å². The van der Waals surface area contributed by atoms with Gasteiger partial charge in [0.25, 0.3) is 5.91 Å². The number of halogens is 4. The van der Waals surface area contributed by atoms with Crippen LogP contribution in [-0.4, -0.2) is 43.5 Å². The minimum absolute atomic E-state index is 0.105. The van der Waals surface area contributed by atoms with Crippen LogP contribution in [0.2, 0.25) is 0 Å². The molecule has 1 aliphatic heterocycles. The van der Waals surface area contributed by atoms with Crippen molar-refractivity contribution in [3.8, 4) is 22.6 Å². The number of hydrogen-bond donors (Lipinski definition) is 3. The van der Waals surface area contributed by atoms with Gasteiger partial charge in [-0.3, -0.25) is 13.9 Å². The molecule has 37 heavy (non-hydrogen) atoms. The maximum Gasteiger partial charge on any atom is 0.573 e. The Morgan fingerprint density at radius 3 is 2.49 bits per heavy atom. The summed E-state index contributed by atoms with van der Waals surface area (Å²) >= 11 is 0. The Bertz CT molecular complexity index is 1470. The summed E-state index contributed by atoms with van der Waals surface area (Å²) in [5.41, 5.74) is 2.53. The highest BCUT2D eigenvalue weighted by Gasteiger charge is 2.31. The summed E-state index contributed by atoms with van der Waals surface area (Å²) in [4.78, 5) is 13.0. The van der Waals surface area contributed by atoms with Gasteiger partial charge in [0.1, 0.15) is 11.6 Å². The van der Waals surface area contributed by atoms with Crippen LogP contribution >= 0.6 is 10.6 Å². The molecule has 3 aromatic carbocycles. The Morgan fingerprint density at radius 2 is 1.81 bits per heavy atom. The molecule has 1 aromatic heterocycles. The number of nitrogens with one attached hydrogen (secondary N) is 1. The maximum atomic E-state index is 13.6. The lowest BCUT2D eigenvalue weighted by Crippen LogP contribution is -2.35. The van der Waals surface area contributed by atoms with Crippen molar-refractivity contribution in [3.63, 3.8) is 0 Å². The van der Waals surface area contributed by atoms with Crippen LogP contribution in [0.4, 0.5) is 17.6 Å². The van der Waals surface area contributed by atoms with Crippen molar-refractivity contribution in [1.29, 1.82) is 0 Å². The zero-order valence-corrected chi connectivity index (χ0v) is 20.0. The summed E-state index contributed by atoms with van der Waals surface area (Å²) in [6.45, 7) is 0. The normalized spacial score (nSPS) is 18.1. The van der Waals surface area contributed by atoms with E-state index in [1.165, 1.54) is 30.3 Å². The third-order valence-corrected chi connectivity index (χ3v) is 7.97. The minimum atomic E-state index is -4.84. The lowest BCUT2D eigenvalue weighted by atomic mass is 10.0. The highest BCUT2D eigenvalue weighted by atomic mass is 32.3. The topological polar surface area (TPSA) is 83.7 Å². The average molecular weight is 535 g/mol. The van der Waals surface area contributed by atoms with E-state index in [2.05, 4.69) is 10.1 Å². The van der Waals surface area contributed by atoms with Crippen LogP contribution in [0, 0.1) is 5.82 Å². The second-order valence-corrected chi connectivity index (χ2v) is 11.2. The molecule has 5 rings (SSSR count). The molecule has 3 N–H and O–H groups in total. The zero-order valence-electron chi connectivity index (χ0n) is 19.2. The number of carbonyl (C=O) groups is 1. The van der Waals surface area contributed by atoms with Gasteiger partial charge in [0.2, 0.25) is 0 Å². The van der Waals surface area contributed by atoms with Crippen molar-refractivity contribution in [1.82, 2.24) is 9.88 Å². The SMILES string of the molecule is O=C(NC1CCS(O)(O)C1)c1ccc2c(-c3cccc(OC(F)(F)F)c3)cn(-c3ccc(F)cc3)c2c1. The molecule has 0 spiro atoms. The van der Waals surface area contributed by atoms with Crippen molar-refractivity contribution in [2.75, 3.05) is 11.5 Å². The molecule has 2 heterocycles. The smallest absolute Gasteiger partial charge is 0.406 e. The molecule has 0 bridgehead atoms. The summed E-state index contributed by atoms with van der Waals surface area (Å²) in [5, 5.41) is 3.48. The van der Waals surface area contributed by atoms with Crippen LogP contribution in [0.15, 0.2) is 72.9 Å². The van der Waals surface area contributed by atoms with Crippen molar-refractivity contribution in [2.24, 2.45) is 0 Å². The molecule has 0 saturated carbocycles. The first-order valence-corrected chi connectivity index (χ1v) is 13.2. The summed E-state index contributed by atoms with van der Waals surface area (Å²) in [7, 11) is -2.68. The Labute approximate surface area is 210 Å². The van der Waals surface area contributed by atoms with Crippen molar-refractivity contribution < 1.29 is 36.2 Å². The highest BCUT2D eigenvalue weighted by molar-refractivity contribution is 8.24. The third-order valence-electron chi connectivity index (χ3n) is 6.15. The summed E-state index contributed by atoms with van der Waals surface area (Å²) in [6, 6.07) is 15.8. The summed E-state index contributed by atoms with van der Waals surface area (Å²) < 4.78 is 77.4. The molecular formula is C26H22F4N2O4S. The molecule has 11 heteroatoms. The van der Waals surface area contributed by atoms with Crippen molar-refractivity contribution >= 4 is 27.4 Å². The Kier molecular flexibility index (Phi) is 6.38. The lowest BCUT2D eigenvalue weighted by Gasteiger charge is -2.26. The average Bonchev–Trinajstić information content (AvgIpc) is 3.37. The van der Waals surface area contributed by atoms with E-state index < -0.39 is 28.7 Å². The molecule has 4 aromatic rings. The number of benzene rings is 3. The molecule has 1 fully saturated rings. The van der Waals surface area contributed by atoms with Gasteiger partial charge in [0.15, 0.2) is 0 Å². The molecule has 1 atom stereocenters. The number of amides is 1. The number of carbonyl (C=O) groups excluding carboxylic acids is 1. The number of fused-ring (bicyclic) bond motifs is 1. The van der Waals surface area contributed by atoms with Crippen LogP contribution in [0.3, 0.4) is 0 Å².